The van der Waals surface area contributed by atoms with Gasteiger partial charge in [0.1, 0.15) is 0 Å². The van der Waals surface area contributed by atoms with Gasteiger partial charge in [-0.25, -0.2) is 0 Å². The Kier molecular flexibility index (Phi) is 5.17. The van der Waals surface area contributed by atoms with E-state index in [9.17, 15) is 0 Å². The van der Waals surface area contributed by atoms with Gasteiger partial charge < -0.3 is 9.64 Å². The monoisotopic (exact) mass is 357 g/mol. The van der Waals surface area contributed by atoms with Crippen LogP contribution in [-0.4, -0.2) is 54.6 Å². The minimum atomic E-state index is 0.404. The zero-order chi connectivity index (χ0) is 17.1. The summed E-state index contributed by atoms with van der Waals surface area (Å²) in [5.41, 5.74) is 1.56. The molecule has 0 bridgehead atoms. The zero-order valence-electron chi connectivity index (χ0n) is 14.9. The minimum Gasteiger partial charge on any atom is -0.376 e. The highest BCUT2D eigenvalue weighted by Crippen LogP contribution is 2.44. The van der Waals surface area contributed by atoms with Crippen molar-refractivity contribution >= 4 is 11.3 Å². The van der Waals surface area contributed by atoms with E-state index in [1.54, 1.807) is 0 Å². The Morgan fingerprint density at radius 2 is 2.28 bits per heavy atom. The molecule has 0 saturated carbocycles. The number of ether oxygens (including phenoxy) is 1. The molecule has 4 heterocycles. The highest BCUT2D eigenvalue weighted by Gasteiger charge is 2.49. The van der Waals surface area contributed by atoms with Gasteiger partial charge in [-0.15, -0.1) is 11.3 Å². The average Bonchev–Trinajstić information content (AvgIpc) is 3.32. The molecular formula is C20H27N3OS. The van der Waals surface area contributed by atoms with Crippen molar-refractivity contribution < 1.29 is 4.74 Å². The number of thiophene rings is 1. The lowest BCUT2D eigenvalue weighted by Gasteiger charge is -2.30. The van der Waals surface area contributed by atoms with E-state index >= 15 is 0 Å². The number of pyridine rings is 1. The molecule has 0 amide bonds. The van der Waals surface area contributed by atoms with E-state index in [0.29, 0.717) is 17.9 Å². The number of nitrogens with zero attached hydrogens (tertiary/aromatic N) is 3. The third-order valence-electron chi connectivity index (χ3n) is 5.72. The van der Waals surface area contributed by atoms with E-state index in [1.807, 2.05) is 29.8 Å². The van der Waals surface area contributed by atoms with Crippen LogP contribution < -0.4 is 0 Å². The highest BCUT2D eigenvalue weighted by molar-refractivity contribution is 7.09. The topological polar surface area (TPSA) is 28.6 Å². The number of rotatable bonds is 6. The Morgan fingerprint density at radius 1 is 1.32 bits per heavy atom. The molecule has 4 rings (SSSR count). The summed E-state index contributed by atoms with van der Waals surface area (Å²) >= 11 is 1.87. The highest BCUT2D eigenvalue weighted by atomic mass is 32.1. The maximum atomic E-state index is 6.10. The molecule has 2 saturated heterocycles. The van der Waals surface area contributed by atoms with Crippen LogP contribution in [0.25, 0.3) is 0 Å². The van der Waals surface area contributed by atoms with E-state index < -0.39 is 0 Å². The van der Waals surface area contributed by atoms with Gasteiger partial charge in [0, 0.05) is 54.8 Å². The first kappa shape index (κ1) is 17.2. The third kappa shape index (κ3) is 3.95. The first-order valence-corrected chi connectivity index (χ1v) is 10.0. The second-order valence-electron chi connectivity index (χ2n) is 7.67. The normalized spacial score (nSPS) is 27.5. The molecule has 25 heavy (non-hydrogen) atoms. The Morgan fingerprint density at radius 3 is 3.08 bits per heavy atom. The summed E-state index contributed by atoms with van der Waals surface area (Å²) in [4.78, 5) is 10.8. The van der Waals surface area contributed by atoms with E-state index in [0.717, 1.165) is 25.3 Å². The van der Waals surface area contributed by atoms with Crippen molar-refractivity contribution in [2.45, 2.75) is 19.6 Å². The van der Waals surface area contributed by atoms with Crippen LogP contribution in [0.15, 0.2) is 42.0 Å². The van der Waals surface area contributed by atoms with Gasteiger partial charge in [-0.2, -0.15) is 0 Å². The Hall–Kier alpha value is -1.27. The van der Waals surface area contributed by atoms with Gasteiger partial charge >= 0.3 is 0 Å². The first-order chi connectivity index (χ1) is 12.2. The molecule has 0 aliphatic carbocycles. The molecule has 0 unspecified atom stereocenters. The molecule has 0 aromatic carbocycles. The molecule has 2 fully saturated rings. The van der Waals surface area contributed by atoms with E-state index in [1.165, 1.54) is 30.9 Å². The summed E-state index contributed by atoms with van der Waals surface area (Å²) in [6.45, 7) is 7.40. The van der Waals surface area contributed by atoms with Crippen LogP contribution in [0.5, 0.6) is 0 Å². The zero-order valence-corrected chi connectivity index (χ0v) is 15.8. The molecule has 2 aromatic rings. The number of likely N-dealkylation sites (tertiary alicyclic amines) is 2. The molecule has 0 radical (unpaired) electrons. The van der Waals surface area contributed by atoms with Gasteiger partial charge in [-0.1, -0.05) is 12.1 Å². The van der Waals surface area contributed by atoms with E-state index in [-0.39, 0.29) is 0 Å². The van der Waals surface area contributed by atoms with E-state index in [2.05, 4.69) is 45.4 Å². The molecule has 2 aromatic heterocycles. The lowest BCUT2D eigenvalue weighted by Crippen LogP contribution is -2.36. The molecule has 134 valence electrons. The summed E-state index contributed by atoms with van der Waals surface area (Å²) in [6, 6.07) is 8.47. The van der Waals surface area contributed by atoms with Gasteiger partial charge in [0.25, 0.3) is 0 Å². The van der Waals surface area contributed by atoms with Crippen LogP contribution >= 0.6 is 11.3 Å². The van der Waals surface area contributed by atoms with Gasteiger partial charge in [0.2, 0.25) is 0 Å². The fourth-order valence-electron chi connectivity index (χ4n) is 4.54. The van der Waals surface area contributed by atoms with E-state index in [4.69, 9.17) is 4.74 Å². The Balaban J connectivity index is 1.34. The summed E-state index contributed by atoms with van der Waals surface area (Å²) < 4.78 is 6.10. The molecule has 5 heteroatoms. The summed E-state index contributed by atoms with van der Waals surface area (Å²) in [7, 11) is 2.25. The minimum absolute atomic E-state index is 0.404. The van der Waals surface area contributed by atoms with Crippen LogP contribution in [0.3, 0.4) is 0 Å². The maximum Gasteiger partial charge on any atom is 0.0731 e. The second kappa shape index (κ2) is 7.54. The van der Waals surface area contributed by atoms with Crippen molar-refractivity contribution in [1.82, 2.24) is 14.8 Å². The standard InChI is InChI=1S/C20H27N3OS/c1-22-11-18(14-24-13-17-4-2-7-21-10-17)20(15-22)6-8-23(16-20)12-19-5-3-9-25-19/h2-5,7,9-10,18H,6,8,11-16H2,1H3/t18-,20+/m0/s1. The first-order valence-electron chi connectivity index (χ1n) is 9.13. The summed E-state index contributed by atoms with van der Waals surface area (Å²) in [6.07, 6.45) is 5.00. The van der Waals surface area contributed by atoms with Gasteiger partial charge in [0.05, 0.1) is 13.2 Å². The molecule has 0 N–H and O–H groups in total. The predicted molar refractivity (Wildman–Crippen MR) is 102 cm³/mol. The van der Waals surface area contributed by atoms with Crippen molar-refractivity contribution in [2.24, 2.45) is 11.3 Å². The quantitative estimate of drug-likeness (QED) is 0.794. The number of aromatic nitrogens is 1. The maximum absolute atomic E-state index is 6.10. The molecule has 2 aliphatic rings. The number of hydrogen-bond acceptors (Lipinski definition) is 5. The fraction of sp³-hybridized carbons (Fsp3) is 0.550. The van der Waals surface area contributed by atoms with Crippen molar-refractivity contribution in [3.05, 3.63) is 52.5 Å². The lowest BCUT2D eigenvalue weighted by molar-refractivity contribution is 0.0515. The molecular weight excluding hydrogens is 330 g/mol. The molecule has 1 spiro atoms. The smallest absolute Gasteiger partial charge is 0.0731 e. The largest absolute Gasteiger partial charge is 0.376 e. The summed E-state index contributed by atoms with van der Waals surface area (Å²) in [5, 5.41) is 2.18. The number of hydrogen-bond donors (Lipinski definition) is 0. The van der Waals surface area contributed by atoms with Crippen molar-refractivity contribution in [3.63, 3.8) is 0 Å². The van der Waals surface area contributed by atoms with Crippen molar-refractivity contribution in [2.75, 3.05) is 39.8 Å². The Bertz CT molecular complexity index is 663. The van der Waals surface area contributed by atoms with Gasteiger partial charge in [-0.3, -0.25) is 9.88 Å². The second-order valence-corrected chi connectivity index (χ2v) is 8.70. The predicted octanol–water partition coefficient (Wildman–Crippen LogP) is 3.11. The van der Waals surface area contributed by atoms with Crippen LogP contribution in [0.1, 0.15) is 16.9 Å². The van der Waals surface area contributed by atoms with Gasteiger partial charge in [0.15, 0.2) is 0 Å². The van der Waals surface area contributed by atoms with Crippen LogP contribution in [0.2, 0.25) is 0 Å². The SMILES string of the molecule is CN1C[C@@H](COCc2cccnc2)[C@]2(CCN(Cc3cccs3)C2)C1. The molecule has 2 aliphatic heterocycles. The van der Waals surface area contributed by atoms with Crippen LogP contribution in [-0.2, 0) is 17.9 Å². The van der Waals surface area contributed by atoms with Crippen molar-refractivity contribution in [3.8, 4) is 0 Å². The molecule has 2 atom stereocenters. The van der Waals surface area contributed by atoms with Crippen molar-refractivity contribution in [1.29, 1.82) is 0 Å². The summed E-state index contributed by atoms with van der Waals surface area (Å²) in [5.74, 6) is 0.627. The Labute approximate surface area is 154 Å². The van der Waals surface area contributed by atoms with Gasteiger partial charge in [-0.05, 0) is 43.1 Å². The van der Waals surface area contributed by atoms with Crippen LogP contribution in [0, 0.1) is 11.3 Å². The average molecular weight is 358 g/mol. The fourth-order valence-corrected chi connectivity index (χ4v) is 5.28. The third-order valence-corrected chi connectivity index (χ3v) is 6.58. The lowest BCUT2D eigenvalue weighted by atomic mass is 9.77. The van der Waals surface area contributed by atoms with Crippen LogP contribution in [0.4, 0.5) is 0 Å². The molecule has 4 nitrogen and oxygen atoms in total.